The number of benzene rings is 2. The Bertz CT molecular complexity index is 1110. The minimum Gasteiger partial charge on any atom is -0.489 e. The second-order valence-electron chi connectivity index (χ2n) is 8.68. The van der Waals surface area contributed by atoms with Crippen LogP contribution in [0.2, 0.25) is 10.0 Å². The Morgan fingerprint density at radius 3 is 1.84 bits per heavy atom. The van der Waals surface area contributed by atoms with Gasteiger partial charge in [-0.25, -0.2) is 0 Å². The number of halogens is 8. The molecule has 0 aromatic heterocycles. The van der Waals surface area contributed by atoms with Gasteiger partial charge in [0.1, 0.15) is 24.3 Å². The normalized spacial score (nSPS) is 19.1. The smallest absolute Gasteiger partial charge is 0.417 e. The number of hydrogen-bond acceptors (Lipinski definition) is 5. The summed E-state index contributed by atoms with van der Waals surface area (Å²) in [6, 6.07) is 5.78. The lowest BCUT2D eigenvalue weighted by atomic mass is 9.91. The number of amides is 1. The highest BCUT2D eigenvalue weighted by Crippen LogP contribution is 2.37. The molecule has 1 saturated carbocycles. The van der Waals surface area contributed by atoms with Crippen LogP contribution in [0.3, 0.4) is 0 Å². The Labute approximate surface area is 224 Å². The summed E-state index contributed by atoms with van der Waals surface area (Å²) in [5.41, 5.74) is -2.10. The number of carbonyl (C=O) groups is 1. The van der Waals surface area contributed by atoms with Crippen LogP contribution in [0.1, 0.15) is 36.8 Å². The van der Waals surface area contributed by atoms with Crippen molar-refractivity contribution in [3.8, 4) is 11.5 Å². The number of ether oxygens (including phenoxy) is 2. The second-order valence-corrected chi connectivity index (χ2v) is 9.49. The van der Waals surface area contributed by atoms with Crippen LogP contribution in [-0.2, 0) is 17.1 Å². The molecule has 1 amide bonds. The Morgan fingerprint density at radius 1 is 0.868 bits per heavy atom. The van der Waals surface area contributed by atoms with Crippen molar-refractivity contribution in [2.24, 2.45) is 0 Å². The standard InChI is InChI=1S/C24H24Cl2F6N2O4/c25-19-7-5-15(9-17(19)23(27,28)29)37-11-21(35)33-13-1-2-14(4-3-13)34-22(36)12-38-16-6-8-20(26)18(10-16)24(30,31)32/h5-10,13-14,21,33,35H,1-4,11-12H2,(H,34,36). The highest BCUT2D eigenvalue weighted by molar-refractivity contribution is 6.31. The Hall–Kier alpha value is -2.41. The molecule has 3 N–H and O–H groups in total. The summed E-state index contributed by atoms with van der Waals surface area (Å²) in [5, 5.41) is 14.9. The first-order chi connectivity index (χ1) is 17.7. The molecule has 0 saturated heterocycles. The number of hydrogen-bond donors (Lipinski definition) is 3. The van der Waals surface area contributed by atoms with Crippen molar-refractivity contribution in [2.45, 2.75) is 56.3 Å². The van der Waals surface area contributed by atoms with Crippen LogP contribution in [0.15, 0.2) is 36.4 Å². The first kappa shape index (κ1) is 30.1. The largest absolute Gasteiger partial charge is 0.489 e. The van der Waals surface area contributed by atoms with Gasteiger partial charge < -0.3 is 19.9 Å². The number of aliphatic hydroxyl groups is 1. The van der Waals surface area contributed by atoms with Crippen molar-refractivity contribution in [3.05, 3.63) is 57.6 Å². The highest BCUT2D eigenvalue weighted by atomic mass is 35.5. The quantitative estimate of drug-likeness (QED) is 0.254. The third kappa shape index (κ3) is 8.82. The number of carbonyl (C=O) groups excluding carboxylic acids is 1. The number of rotatable bonds is 9. The molecule has 1 unspecified atom stereocenters. The summed E-state index contributed by atoms with van der Waals surface area (Å²) >= 11 is 11.1. The van der Waals surface area contributed by atoms with Crippen LogP contribution < -0.4 is 20.1 Å². The molecule has 1 atom stereocenters. The van der Waals surface area contributed by atoms with Crippen LogP contribution in [0.25, 0.3) is 0 Å². The zero-order valence-corrected chi connectivity index (χ0v) is 21.1. The van der Waals surface area contributed by atoms with Crippen molar-refractivity contribution in [1.82, 2.24) is 10.6 Å². The Kier molecular flexibility index (Phi) is 10.0. The van der Waals surface area contributed by atoms with E-state index in [2.05, 4.69) is 10.6 Å². The summed E-state index contributed by atoms with van der Waals surface area (Å²) in [6.45, 7) is -0.776. The lowest BCUT2D eigenvalue weighted by Gasteiger charge is -2.31. The van der Waals surface area contributed by atoms with Gasteiger partial charge in [0.05, 0.1) is 21.2 Å². The molecule has 0 aliphatic heterocycles. The molecule has 6 nitrogen and oxygen atoms in total. The predicted octanol–water partition coefficient (Wildman–Crippen LogP) is 5.82. The molecule has 2 aromatic carbocycles. The molecule has 1 aliphatic rings. The fraction of sp³-hybridized carbons (Fsp3) is 0.458. The number of alkyl halides is 6. The van der Waals surface area contributed by atoms with E-state index in [-0.39, 0.29) is 30.2 Å². The minimum atomic E-state index is -4.66. The van der Waals surface area contributed by atoms with Crippen molar-refractivity contribution in [2.75, 3.05) is 13.2 Å². The second kappa shape index (κ2) is 12.6. The average Bonchev–Trinajstić information content (AvgIpc) is 2.83. The zero-order chi connectivity index (χ0) is 28.1. The van der Waals surface area contributed by atoms with Crippen LogP contribution >= 0.6 is 23.2 Å². The molecule has 3 rings (SSSR count). The first-order valence-electron chi connectivity index (χ1n) is 11.4. The summed E-state index contributed by atoms with van der Waals surface area (Å²) in [7, 11) is 0. The van der Waals surface area contributed by atoms with Crippen LogP contribution in [0.4, 0.5) is 26.3 Å². The van der Waals surface area contributed by atoms with E-state index in [0.717, 1.165) is 24.3 Å². The Morgan fingerprint density at radius 2 is 1.34 bits per heavy atom. The predicted molar refractivity (Wildman–Crippen MR) is 127 cm³/mol. The number of nitrogens with one attached hydrogen (secondary N) is 2. The van der Waals surface area contributed by atoms with Gasteiger partial charge in [0.25, 0.3) is 5.91 Å². The zero-order valence-electron chi connectivity index (χ0n) is 19.6. The third-order valence-corrected chi connectivity index (χ3v) is 6.44. The van der Waals surface area contributed by atoms with Gasteiger partial charge in [0, 0.05) is 12.1 Å². The van der Waals surface area contributed by atoms with Gasteiger partial charge in [0.2, 0.25) is 0 Å². The van der Waals surface area contributed by atoms with Crippen LogP contribution in [0.5, 0.6) is 11.5 Å². The lowest BCUT2D eigenvalue weighted by molar-refractivity contribution is -0.138. The molecule has 38 heavy (non-hydrogen) atoms. The maximum absolute atomic E-state index is 13.0. The topological polar surface area (TPSA) is 79.8 Å². The van der Waals surface area contributed by atoms with E-state index in [9.17, 15) is 36.2 Å². The van der Waals surface area contributed by atoms with E-state index in [1.165, 1.54) is 12.1 Å². The maximum atomic E-state index is 13.0. The number of aliphatic hydroxyl groups excluding tert-OH is 1. The third-order valence-electron chi connectivity index (χ3n) is 5.78. The van der Waals surface area contributed by atoms with E-state index < -0.39 is 52.3 Å². The minimum absolute atomic E-state index is 0.0931. The maximum Gasteiger partial charge on any atom is 0.417 e. The van der Waals surface area contributed by atoms with E-state index in [1.807, 2.05) is 0 Å². The lowest BCUT2D eigenvalue weighted by Crippen LogP contribution is -2.47. The van der Waals surface area contributed by atoms with E-state index >= 15 is 0 Å². The molecule has 0 bridgehead atoms. The van der Waals surface area contributed by atoms with Gasteiger partial charge in [-0.1, -0.05) is 23.2 Å². The molecule has 2 aromatic rings. The van der Waals surface area contributed by atoms with Crippen molar-refractivity contribution in [3.63, 3.8) is 0 Å². The van der Waals surface area contributed by atoms with Gasteiger partial charge in [-0.05, 0) is 62.1 Å². The summed E-state index contributed by atoms with van der Waals surface area (Å²) < 4.78 is 88.1. The first-order valence-corrected chi connectivity index (χ1v) is 12.2. The van der Waals surface area contributed by atoms with Crippen LogP contribution in [-0.4, -0.2) is 42.5 Å². The average molecular weight is 589 g/mol. The fourth-order valence-corrected chi connectivity index (χ4v) is 4.39. The molecule has 1 fully saturated rings. The summed E-state index contributed by atoms with van der Waals surface area (Å²) in [4.78, 5) is 12.2. The Balaban J connectivity index is 1.38. The highest BCUT2D eigenvalue weighted by Gasteiger charge is 2.34. The monoisotopic (exact) mass is 588 g/mol. The van der Waals surface area contributed by atoms with Gasteiger partial charge in [-0.2, -0.15) is 26.3 Å². The molecule has 0 spiro atoms. The van der Waals surface area contributed by atoms with Gasteiger partial charge in [0.15, 0.2) is 6.61 Å². The SMILES string of the molecule is O=C(COc1ccc(Cl)c(C(F)(F)F)c1)NC1CCC(NC(O)COc2ccc(Cl)c(C(F)(F)F)c2)CC1. The molecular formula is C24H24Cl2F6N2O4. The molecule has 0 radical (unpaired) electrons. The molecule has 0 heterocycles. The van der Waals surface area contributed by atoms with Crippen LogP contribution in [0, 0.1) is 0 Å². The summed E-state index contributed by atoms with van der Waals surface area (Å²) in [6.07, 6.45) is -8.17. The van der Waals surface area contributed by atoms with Gasteiger partial charge in [-0.15, -0.1) is 0 Å². The van der Waals surface area contributed by atoms with Crippen molar-refractivity contribution in [1.29, 1.82) is 0 Å². The van der Waals surface area contributed by atoms with Gasteiger partial charge in [-0.3, -0.25) is 10.1 Å². The molecule has 1 aliphatic carbocycles. The van der Waals surface area contributed by atoms with E-state index in [0.29, 0.717) is 25.7 Å². The van der Waals surface area contributed by atoms with E-state index in [4.69, 9.17) is 32.7 Å². The van der Waals surface area contributed by atoms with Gasteiger partial charge >= 0.3 is 12.4 Å². The molecular weight excluding hydrogens is 565 g/mol. The van der Waals surface area contributed by atoms with Crippen molar-refractivity contribution >= 4 is 29.1 Å². The summed E-state index contributed by atoms with van der Waals surface area (Å²) in [5.74, 6) is -0.738. The molecule has 14 heteroatoms. The fourth-order valence-electron chi connectivity index (χ4n) is 3.94. The van der Waals surface area contributed by atoms with Crippen molar-refractivity contribution < 1.29 is 45.7 Å². The van der Waals surface area contributed by atoms with E-state index in [1.54, 1.807) is 0 Å². The molecule has 210 valence electrons.